The Bertz CT molecular complexity index is 1150. The quantitative estimate of drug-likeness (QED) is 0.294. The van der Waals surface area contributed by atoms with Crippen LogP contribution in [0.3, 0.4) is 0 Å². The fourth-order valence-corrected chi connectivity index (χ4v) is 5.24. The molecule has 1 saturated carbocycles. The van der Waals surface area contributed by atoms with Crippen molar-refractivity contribution in [3.8, 4) is 5.75 Å². The van der Waals surface area contributed by atoms with Crippen molar-refractivity contribution in [1.82, 2.24) is 14.8 Å². The zero-order valence-corrected chi connectivity index (χ0v) is 20.1. The topological polar surface area (TPSA) is 69.0 Å². The van der Waals surface area contributed by atoms with Crippen molar-refractivity contribution in [2.75, 3.05) is 12.4 Å². The van der Waals surface area contributed by atoms with Crippen molar-refractivity contribution in [3.05, 3.63) is 65.5 Å². The number of hydrogen-bond donors (Lipinski definition) is 1. The molecule has 0 aliphatic heterocycles. The Balaban J connectivity index is 1.54. The number of rotatable bonds is 9. The van der Waals surface area contributed by atoms with Gasteiger partial charge < -0.3 is 14.6 Å². The van der Waals surface area contributed by atoms with Crippen LogP contribution < -0.4 is 10.1 Å². The number of halogens is 2. The summed E-state index contributed by atoms with van der Waals surface area (Å²) in [7, 11) is 1.63. The summed E-state index contributed by atoms with van der Waals surface area (Å²) >= 11 is 1.30. The molecule has 9 heteroatoms. The molecule has 1 aliphatic carbocycles. The van der Waals surface area contributed by atoms with E-state index in [2.05, 4.69) is 20.1 Å². The first kappa shape index (κ1) is 24.2. The van der Waals surface area contributed by atoms with Gasteiger partial charge in [-0.3, -0.25) is 4.79 Å². The third kappa shape index (κ3) is 5.58. The summed E-state index contributed by atoms with van der Waals surface area (Å²) in [4.78, 5) is 12.9. The molecule has 0 saturated heterocycles. The first-order valence-electron chi connectivity index (χ1n) is 11.4. The van der Waals surface area contributed by atoms with E-state index < -0.39 is 16.9 Å². The molecule has 1 aromatic heterocycles. The zero-order valence-electron chi connectivity index (χ0n) is 19.3. The summed E-state index contributed by atoms with van der Waals surface area (Å²) in [6.45, 7) is 2.23. The minimum atomic E-state index is -1.03. The third-order valence-corrected chi connectivity index (χ3v) is 7.11. The summed E-state index contributed by atoms with van der Waals surface area (Å²) in [5.74, 6) is -0.719. The number of methoxy groups -OCH3 is 1. The van der Waals surface area contributed by atoms with Crippen LogP contribution in [-0.2, 0) is 6.54 Å². The summed E-state index contributed by atoms with van der Waals surface area (Å²) in [5, 5.41) is 12.4. The van der Waals surface area contributed by atoms with Gasteiger partial charge in [-0.15, -0.1) is 10.2 Å². The van der Waals surface area contributed by atoms with E-state index in [1.54, 1.807) is 14.0 Å². The van der Waals surface area contributed by atoms with Gasteiger partial charge in [0.15, 0.2) is 28.4 Å². The van der Waals surface area contributed by atoms with E-state index in [0.717, 1.165) is 55.1 Å². The van der Waals surface area contributed by atoms with Gasteiger partial charge in [0, 0.05) is 23.4 Å². The second kappa shape index (κ2) is 11.0. The lowest BCUT2D eigenvalue weighted by atomic mass is 9.95. The van der Waals surface area contributed by atoms with Crippen LogP contribution in [0, 0.1) is 11.6 Å². The lowest BCUT2D eigenvalue weighted by Gasteiger charge is -2.26. The van der Waals surface area contributed by atoms with Crippen LogP contribution in [0.2, 0.25) is 0 Å². The maximum atomic E-state index is 13.6. The van der Waals surface area contributed by atoms with Gasteiger partial charge in [-0.1, -0.05) is 37.1 Å². The molecule has 1 N–H and O–H groups in total. The number of benzene rings is 2. The molecule has 1 heterocycles. The smallest absolute Gasteiger partial charge is 0.192 e. The monoisotopic (exact) mass is 486 g/mol. The maximum Gasteiger partial charge on any atom is 0.192 e. The van der Waals surface area contributed by atoms with Crippen LogP contribution in [-0.4, -0.2) is 32.9 Å². The molecule has 6 nitrogen and oxygen atoms in total. The molecular weight excluding hydrogens is 458 g/mol. The number of anilines is 1. The summed E-state index contributed by atoms with van der Waals surface area (Å²) in [5.41, 5.74) is 1.05. The molecule has 1 unspecified atom stereocenters. The number of aromatic nitrogens is 3. The fraction of sp³-hybridized carbons (Fsp3) is 0.400. The van der Waals surface area contributed by atoms with Gasteiger partial charge in [0.05, 0.1) is 18.9 Å². The standard InChI is InChI=1S/C25H28F2N4O2S/c1-16(24(32)17-11-12-21(26)22(27)13-17)34-25-30-29-23(31(25)19-8-4-3-5-9-19)15-28-18-7-6-10-20(14-18)33-2/h6-7,10-14,16,19,28H,3-5,8-9,15H2,1-2H3. The highest BCUT2D eigenvalue weighted by Gasteiger charge is 2.26. The van der Waals surface area contributed by atoms with E-state index in [1.165, 1.54) is 24.2 Å². The first-order valence-corrected chi connectivity index (χ1v) is 12.3. The lowest BCUT2D eigenvalue weighted by molar-refractivity contribution is 0.0993. The second-order valence-corrected chi connectivity index (χ2v) is 9.71. The summed E-state index contributed by atoms with van der Waals surface area (Å²) in [6.07, 6.45) is 5.55. The molecule has 180 valence electrons. The lowest BCUT2D eigenvalue weighted by Crippen LogP contribution is -2.20. The molecule has 1 fully saturated rings. The highest BCUT2D eigenvalue weighted by Crippen LogP contribution is 2.34. The molecule has 3 aromatic rings. The molecule has 1 atom stereocenters. The van der Waals surface area contributed by atoms with E-state index >= 15 is 0 Å². The minimum absolute atomic E-state index is 0.141. The van der Waals surface area contributed by atoms with Crippen LogP contribution in [0.5, 0.6) is 5.75 Å². The van der Waals surface area contributed by atoms with Gasteiger partial charge in [0.1, 0.15) is 5.75 Å². The maximum absolute atomic E-state index is 13.6. The van der Waals surface area contributed by atoms with Crippen molar-refractivity contribution in [2.24, 2.45) is 0 Å². The molecule has 0 radical (unpaired) electrons. The van der Waals surface area contributed by atoms with Gasteiger partial charge >= 0.3 is 0 Å². The highest BCUT2D eigenvalue weighted by atomic mass is 32.2. The van der Waals surface area contributed by atoms with E-state index in [-0.39, 0.29) is 17.4 Å². The van der Waals surface area contributed by atoms with Gasteiger partial charge in [0.2, 0.25) is 0 Å². The number of Topliss-reactive ketones (excluding diaryl/α,β-unsaturated/α-hetero) is 1. The van der Waals surface area contributed by atoms with Crippen molar-refractivity contribution < 1.29 is 18.3 Å². The SMILES string of the molecule is COc1cccc(NCc2nnc(SC(C)C(=O)c3ccc(F)c(F)c3)n2C2CCCCC2)c1. The Kier molecular flexibility index (Phi) is 7.82. The largest absolute Gasteiger partial charge is 0.497 e. The zero-order chi connectivity index (χ0) is 24.1. The number of ether oxygens (including phenoxy) is 1. The molecule has 34 heavy (non-hydrogen) atoms. The van der Waals surface area contributed by atoms with Crippen molar-refractivity contribution in [2.45, 2.75) is 62.0 Å². The Hall–Kier alpha value is -2.94. The average molecular weight is 487 g/mol. The second-order valence-electron chi connectivity index (χ2n) is 8.40. The normalized spacial score (nSPS) is 15.2. The van der Waals surface area contributed by atoms with E-state index in [4.69, 9.17) is 4.74 Å². The summed E-state index contributed by atoms with van der Waals surface area (Å²) < 4.78 is 34.4. The van der Waals surface area contributed by atoms with Gasteiger partial charge in [-0.2, -0.15) is 0 Å². The predicted octanol–water partition coefficient (Wildman–Crippen LogP) is 6.05. The Morgan fingerprint density at radius 1 is 1.15 bits per heavy atom. The predicted molar refractivity (Wildman–Crippen MR) is 128 cm³/mol. The van der Waals surface area contributed by atoms with Crippen LogP contribution in [0.15, 0.2) is 47.6 Å². The number of thioether (sulfide) groups is 1. The first-order chi connectivity index (χ1) is 16.5. The van der Waals surface area contributed by atoms with Crippen molar-refractivity contribution >= 4 is 23.2 Å². The van der Waals surface area contributed by atoms with Crippen molar-refractivity contribution in [1.29, 1.82) is 0 Å². The summed E-state index contributed by atoms with van der Waals surface area (Å²) in [6, 6.07) is 11.2. The number of ketones is 1. The molecule has 0 spiro atoms. The van der Waals surface area contributed by atoms with Crippen molar-refractivity contribution in [3.63, 3.8) is 0 Å². The Labute approximate surface area is 202 Å². The number of carbonyl (C=O) groups excluding carboxylic acids is 1. The molecule has 0 bridgehead atoms. The van der Waals surface area contributed by atoms with E-state index in [0.29, 0.717) is 11.7 Å². The highest BCUT2D eigenvalue weighted by molar-refractivity contribution is 8.00. The van der Waals surface area contributed by atoms with Crippen LogP contribution in [0.1, 0.15) is 61.3 Å². The van der Waals surface area contributed by atoms with Crippen LogP contribution in [0.4, 0.5) is 14.5 Å². The Morgan fingerprint density at radius 2 is 1.94 bits per heavy atom. The number of nitrogens with one attached hydrogen (secondary N) is 1. The van der Waals surface area contributed by atoms with Gasteiger partial charge in [-0.25, -0.2) is 8.78 Å². The van der Waals surface area contributed by atoms with Gasteiger partial charge in [0.25, 0.3) is 0 Å². The Morgan fingerprint density at radius 3 is 2.68 bits per heavy atom. The molecular formula is C25H28F2N4O2S. The van der Waals surface area contributed by atoms with E-state index in [9.17, 15) is 13.6 Å². The number of hydrogen-bond acceptors (Lipinski definition) is 6. The average Bonchev–Trinajstić information content (AvgIpc) is 3.26. The molecule has 4 rings (SSSR count). The van der Waals surface area contributed by atoms with Gasteiger partial charge in [-0.05, 0) is 50.1 Å². The number of nitrogens with zero attached hydrogens (tertiary/aromatic N) is 3. The molecule has 1 aliphatic rings. The van der Waals surface area contributed by atoms with Crippen LogP contribution >= 0.6 is 11.8 Å². The molecule has 2 aromatic carbocycles. The fourth-order valence-electron chi connectivity index (χ4n) is 4.22. The third-order valence-electron chi connectivity index (χ3n) is 6.05. The minimum Gasteiger partial charge on any atom is -0.497 e. The van der Waals surface area contributed by atoms with Crippen LogP contribution in [0.25, 0.3) is 0 Å². The number of carbonyl (C=O) groups is 1. The molecule has 0 amide bonds. The van der Waals surface area contributed by atoms with E-state index in [1.807, 2.05) is 24.3 Å².